The third kappa shape index (κ3) is 5.00. The first-order valence-corrected chi connectivity index (χ1v) is 6.78. The van der Waals surface area contributed by atoms with E-state index in [9.17, 15) is 0 Å². The van der Waals surface area contributed by atoms with Crippen LogP contribution in [0.1, 0.15) is 11.6 Å². The first-order valence-electron chi connectivity index (χ1n) is 6.78. The molecular weight excluding hydrogens is 254 g/mol. The van der Waals surface area contributed by atoms with Crippen LogP contribution in [0.25, 0.3) is 0 Å². The molecule has 20 heavy (non-hydrogen) atoms. The van der Waals surface area contributed by atoms with Crippen LogP contribution in [0, 0.1) is 0 Å². The van der Waals surface area contributed by atoms with Crippen LogP contribution in [0.2, 0.25) is 0 Å². The van der Waals surface area contributed by atoms with Gasteiger partial charge in [0.25, 0.3) is 0 Å². The van der Waals surface area contributed by atoms with Gasteiger partial charge in [-0.1, -0.05) is 6.07 Å². The van der Waals surface area contributed by atoms with E-state index < -0.39 is 0 Å². The minimum Gasteiger partial charge on any atom is -0.493 e. The van der Waals surface area contributed by atoms with Crippen molar-refractivity contribution in [2.75, 3.05) is 55.0 Å². The van der Waals surface area contributed by atoms with Gasteiger partial charge in [0.05, 0.1) is 14.2 Å². The second-order valence-electron chi connectivity index (χ2n) is 5.29. The van der Waals surface area contributed by atoms with Crippen LogP contribution in [0.4, 0.5) is 0 Å². The Balaban J connectivity index is 2.65. The molecule has 0 spiro atoms. The van der Waals surface area contributed by atoms with E-state index in [0.717, 1.165) is 36.7 Å². The average Bonchev–Trinajstić information content (AvgIpc) is 2.44. The van der Waals surface area contributed by atoms with Crippen molar-refractivity contribution < 1.29 is 9.47 Å². The lowest BCUT2D eigenvalue weighted by atomic mass is 10.1. The Morgan fingerprint density at radius 2 is 1.70 bits per heavy atom. The molecule has 2 N–H and O–H groups in total. The Hall–Kier alpha value is -1.30. The van der Waals surface area contributed by atoms with E-state index in [0.29, 0.717) is 0 Å². The molecule has 1 aromatic carbocycles. The summed E-state index contributed by atoms with van der Waals surface area (Å²) in [4.78, 5) is 4.40. The molecule has 0 aliphatic rings. The first-order chi connectivity index (χ1) is 9.47. The van der Waals surface area contributed by atoms with Crippen molar-refractivity contribution in [1.82, 2.24) is 9.80 Å². The molecule has 0 bridgehead atoms. The molecule has 1 aromatic rings. The molecule has 0 heterocycles. The number of likely N-dealkylation sites (N-methyl/N-ethyl adjacent to an activating group) is 2. The van der Waals surface area contributed by atoms with Gasteiger partial charge in [-0.15, -0.1) is 0 Å². The van der Waals surface area contributed by atoms with Gasteiger partial charge in [-0.3, -0.25) is 0 Å². The Kier molecular flexibility index (Phi) is 6.78. The van der Waals surface area contributed by atoms with Crippen molar-refractivity contribution >= 4 is 0 Å². The number of ether oxygens (including phenoxy) is 2. The second kappa shape index (κ2) is 8.09. The van der Waals surface area contributed by atoms with Crippen molar-refractivity contribution in [3.63, 3.8) is 0 Å². The van der Waals surface area contributed by atoms with Gasteiger partial charge in [0.1, 0.15) is 0 Å². The van der Waals surface area contributed by atoms with Crippen LogP contribution < -0.4 is 15.2 Å². The van der Waals surface area contributed by atoms with Gasteiger partial charge in [-0.2, -0.15) is 0 Å². The molecule has 1 unspecified atom stereocenters. The predicted octanol–water partition coefficient (Wildman–Crippen LogP) is 1.20. The normalized spacial score (nSPS) is 12.8. The summed E-state index contributed by atoms with van der Waals surface area (Å²) in [5, 5.41) is 0. The Labute approximate surface area is 122 Å². The molecule has 5 heteroatoms. The molecule has 5 nitrogen and oxygen atoms in total. The highest BCUT2D eigenvalue weighted by Crippen LogP contribution is 2.29. The molecule has 0 aliphatic heterocycles. The predicted molar refractivity (Wildman–Crippen MR) is 82.5 cm³/mol. The molecule has 114 valence electrons. The Bertz CT molecular complexity index is 410. The van der Waals surface area contributed by atoms with E-state index in [-0.39, 0.29) is 6.04 Å². The zero-order valence-corrected chi connectivity index (χ0v) is 13.2. The maximum absolute atomic E-state index is 6.27. The standard InChI is InChI=1S/C15H27N3O2/c1-17(2)8-9-18(3)11-13(16)12-6-7-14(19-4)15(10-12)20-5/h6-7,10,13H,8-9,11,16H2,1-5H3. The molecule has 1 rings (SSSR count). The molecular formula is C15H27N3O2. The van der Waals surface area contributed by atoms with Crippen LogP contribution in [0.15, 0.2) is 18.2 Å². The second-order valence-corrected chi connectivity index (χ2v) is 5.29. The van der Waals surface area contributed by atoms with Crippen LogP contribution in [0.3, 0.4) is 0 Å². The zero-order valence-electron chi connectivity index (χ0n) is 13.2. The van der Waals surface area contributed by atoms with Crippen LogP contribution >= 0.6 is 0 Å². The van der Waals surface area contributed by atoms with Gasteiger partial charge >= 0.3 is 0 Å². The smallest absolute Gasteiger partial charge is 0.161 e. The molecule has 0 aliphatic carbocycles. The molecule has 0 aromatic heterocycles. The van der Waals surface area contributed by atoms with E-state index in [1.54, 1.807) is 14.2 Å². The van der Waals surface area contributed by atoms with Crippen LogP contribution in [-0.4, -0.2) is 64.8 Å². The van der Waals surface area contributed by atoms with Crippen LogP contribution in [-0.2, 0) is 0 Å². The SMILES string of the molecule is COc1ccc(C(N)CN(C)CCN(C)C)cc1OC. The lowest BCUT2D eigenvalue weighted by Gasteiger charge is -2.23. The minimum atomic E-state index is -0.0398. The van der Waals surface area contributed by atoms with Crippen molar-refractivity contribution in [2.24, 2.45) is 5.73 Å². The van der Waals surface area contributed by atoms with Gasteiger partial charge < -0.3 is 25.0 Å². The maximum Gasteiger partial charge on any atom is 0.161 e. The number of hydrogen-bond donors (Lipinski definition) is 1. The van der Waals surface area contributed by atoms with Crippen molar-refractivity contribution in [3.8, 4) is 11.5 Å². The van der Waals surface area contributed by atoms with E-state index >= 15 is 0 Å². The van der Waals surface area contributed by atoms with Crippen molar-refractivity contribution in [3.05, 3.63) is 23.8 Å². The van der Waals surface area contributed by atoms with Crippen molar-refractivity contribution in [1.29, 1.82) is 0 Å². The molecule has 0 amide bonds. The summed E-state index contributed by atoms with van der Waals surface area (Å²) in [6, 6.07) is 5.80. The lowest BCUT2D eigenvalue weighted by molar-refractivity contribution is 0.269. The quantitative estimate of drug-likeness (QED) is 0.776. The monoisotopic (exact) mass is 281 g/mol. The number of hydrogen-bond acceptors (Lipinski definition) is 5. The largest absolute Gasteiger partial charge is 0.493 e. The van der Waals surface area contributed by atoms with Gasteiger partial charge in [0, 0.05) is 25.7 Å². The zero-order chi connectivity index (χ0) is 15.1. The van der Waals surface area contributed by atoms with E-state index in [4.69, 9.17) is 15.2 Å². The first kappa shape index (κ1) is 16.8. The summed E-state index contributed by atoms with van der Waals surface area (Å²) in [5.41, 5.74) is 7.32. The molecule has 0 radical (unpaired) electrons. The molecule has 0 fully saturated rings. The minimum absolute atomic E-state index is 0.0398. The molecule has 1 atom stereocenters. The van der Waals surface area contributed by atoms with Crippen molar-refractivity contribution in [2.45, 2.75) is 6.04 Å². The third-order valence-corrected chi connectivity index (χ3v) is 3.27. The summed E-state index contributed by atoms with van der Waals surface area (Å²) in [7, 11) is 9.50. The summed E-state index contributed by atoms with van der Waals surface area (Å²) in [5.74, 6) is 1.45. The van der Waals surface area contributed by atoms with Gasteiger partial charge in [0.2, 0.25) is 0 Å². The van der Waals surface area contributed by atoms with Gasteiger partial charge in [-0.05, 0) is 38.8 Å². The summed E-state index contributed by atoms with van der Waals surface area (Å²) >= 11 is 0. The highest BCUT2D eigenvalue weighted by molar-refractivity contribution is 5.43. The summed E-state index contributed by atoms with van der Waals surface area (Å²) < 4.78 is 10.5. The van der Waals surface area contributed by atoms with E-state index in [1.807, 2.05) is 18.2 Å². The van der Waals surface area contributed by atoms with Crippen LogP contribution in [0.5, 0.6) is 11.5 Å². The molecule has 0 saturated heterocycles. The lowest BCUT2D eigenvalue weighted by Crippen LogP contribution is -2.34. The average molecular weight is 281 g/mol. The number of nitrogens with zero attached hydrogens (tertiary/aromatic N) is 2. The fraction of sp³-hybridized carbons (Fsp3) is 0.600. The van der Waals surface area contributed by atoms with E-state index in [1.165, 1.54) is 0 Å². The summed E-state index contributed by atoms with van der Waals surface area (Å²) in [6.07, 6.45) is 0. The number of nitrogens with two attached hydrogens (primary N) is 1. The maximum atomic E-state index is 6.27. The Morgan fingerprint density at radius 3 is 2.25 bits per heavy atom. The van der Waals surface area contributed by atoms with Gasteiger partial charge in [-0.25, -0.2) is 0 Å². The highest BCUT2D eigenvalue weighted by Gasteiger charge is 2.12. The summed E-state index contributed by atoms with van der Waals surface area (Å²) in [6.45, 7) is 2.83. The fourth-order valence-corrected chi connectivity index (χ4v) is 1.99. The number of rotatable bonds is 8. The Morgan fingerprint density at radius 1 is 1.05 bits per heavy atom. The van der Waals surface area contributed by atoms with Gasteiger partial charge in [0.15, 0.2) is 11.5 Å². The molecule has 0 saturated carbocycles. The third-order valence-electron chi connectivity index (χ3n) is 3.27. The highest BCUT2D eigenvalue weighted by atomic mass is 16.5. The topological polar surface area (TPSA) is 51.0 Å². The van der Waals surface area contributed by atoms with E-state index in [2.05, 4.69) is 30.9 Å². The fourth-order valence-electron chi connectivity index (χ4n) is 1.99. The number of benzene rings is 1. The number of methoxy groups -OCH3 is 2.